The Labute approximate surface area is 70.6 Å². The highest BCUT2D eigenvalue weighted by molar-refractivity contribution is 4.86. The lowest BCUT2D eigenvalue weighted by Gasteiger charge is -2.00. The summed E-state index contributed by atoms with van der Waals surface area (Å²) in [5.41, 5.74) is 0. The quantitative estimate of drug-likeness (QED) is 0.581. The Morgan fingerprint density at radius 3 is 2.64 bits per heavy atom. The number of hydrogen-bond donors (Lipinski definition) is 1. The summed E-state index contributed by atoms with van der Waals surface area (Å²) < 4.78 is 0. The van der Waals surface area contributed by atoms with Crippen LogP contribution in [0, 0.1) is 11.8 Å². The Hall–Kier alpha value is -0.0400. The Balaban J connectivity index is 1.87. The number of nitrogens with one attached hydrogen (secondary N) is 1. The molecule has 0 aromatic heterocycles. The molecule has 1 nitrogen and oxygen atoms in total. The molecule has 0 aromatic carbocycles. The fourth-order valence-corrected chi connectivity index (χ4v) is 1.75. The molecule has 0 radical (unpaired) electrons. The van der Waals surface area contributed by atoms with E-state index in [1.54, 1.807) is 0 Å². The summed E-state index contributed by atoms with van der Waals surface area (Å²) in [6.07, 6.45) is 5.59. The summed E-state index contributed by atoms with van der Waals surface area (Å²) >= 11 is 0. The summed E-state index contributed by atoms with van der Waals surface area (Å²) in [6.45, 7) is 6.99. The van der Waals surface area contributed by atoms with Gasteiger partial charge in [-0.05, 0) is 37.8 Å². The van der Waals surface area contributed by atoms with Crippen molar-refractivity contribution in [3.05, 3.63) is 0 Å². The number of hydrogen-bond acceptors (Lipinski definition) is 1. The van der Waals surface area contributed by atoms with E-state index in [-0.39, 0.29) is 0 Å². The van der Waals surface area contributed by atoms with Crippen LogP contribution in [0.5, 0.6) is 0 Å². The molecule has 0 spiro atoms. The number of rotatable bonds is 6. The molecule has 0 amide bonds. The molecule has 2 unspecified atom stereocenters. The first-order valence-electron chi connectivity index (χ1n) is 5.09. The molecule has 0 heterocycles. The van der Waals surface area contributed by atoms with E-state index >= 15 is 0 Å². The summed E-state index contributed by atoms with van der Waals surface area (Å²) in [5, 5.41) is 3.49. The average Bonchev–Trinajstić information content (AvgIpc) is 2.70. The Kier molecular flexibility index (Phi) is 3.92. The zero-order valence-electron chi connectivity index (χ0n) is 7.90. The van der Waals surface area contributed by atoms with Crippen LogP contribution in [-0.2, 0) is 0 Å². The maximum Gasteiger partial charge on any atom is -0.00178 e. The highest BCUT2D eigenvalue weighted by Crippen LogP contribution is 2.41. The third kappa shape index (κ3) is 3.24. The van der Waals surface area contributed by atoms with Crippen molar-refractivity contribution in [3.63, 3.8) is 0 Å². The van der Waals surface area contributed by atoms with Crippen LogP contribution in [0.3, 0.4) is 0 Å². The van der Waals surface area contributed by atoms with Crippen molar-refractivity contribution in [1.82, 2.24) is 5.32 Å². The van der Waals surface area contributed by atoms with Crippen LogP contribution in [0.4, 0.5) is 0 Å². The van der Waals surface area contributed by atoms with Crippen LogP contribution in [0.25, 0.3) is 0 Å². The molecule has 0 saturated heterocycles. The second-order valence-corrected chi connectivity index (χ2v) is 3.75. The van der Waals surface area contributed by atoms with Gasteiger partial charge in [-0.25, -0.2) is 0 Å². The molecule has 1 heteroatoms. The molecule has 66 valence electrons. The molecule has 0 aromatic rings. The first-order valence-corrected chi connectivity index (χ1v) is 5.09. The van der Waals surface area contributed by atoms with Crippen LogP contribution in [0.1, 0.15) is 39.5 Å². The highest BCUT2D eigenvalue weighted by atomic mass is 14.9. The van der Waals surface area contributed by atoms with Crippen molar-refractivity contribution in [2.24, 2.45) is 11.8 Å². The maximum absolute atomic E-state index is 3.49. The molecule has 2 atom stereocenters. The molecule has 0 aliphatic heterocycles. The smallest absolute Gasteiger partial charge is 0.00178 e. The van der Waals surface area contributed by atoms with Gasteiger partial charge < -0.3 is 5.32 Å². The van der Waals surface area contributed by atoms with Gasteiger partial charge in [0.25, 0.3) is 0 Å². The molecular weight excluding hydrogens is 134 g/mol. The van der Waals surface area contributed by atoms with Gasteiger partial charge in [-0.3, -0.25) is 0 Å². The normalized spacial score (nSPS) is 28.9. The van der Waals surface area contributed by atoms with Crippen molar-refractivity contribution in [1.29, 1.82) is 0 Å². The van der Waals surface area contributed by atoms with E-state index in [2.05, 4.69) is 19.2 Å². The van der Waals surface area contributed by atoms with Crippen LogP contribution >= 0.6 is 0 Å². The Morgan fingerprint density at radius 2 is 2.00 bits per heavy atom. The lowest BCUT2D eigenvalue weighted by atomic mass is 10.2. The van der Waals surface area contributed by atoms with Gasteiger partial charge in [-0.2, -0.15) is 0 Å². The first kappa shape index (κ1) is 9.05. The minimum Gasteiger partial charge on any atom is -0.316 e. The minimum atomic E-state index is 1.03. The van der Waals surface area contributed by atoms with E-state index in [0.717, 1.165) is 11.8 Å². The van der Waals surface area contributed by atoms with Crippen molar-refractivity contribution in [3.8, 4) is 0 Å². The van der Waals surface area contributed by atoms with Crippen molar-refractivity contribution in [2.75, 3.05) is 13.1 Å². The summed E-state index contributed by atoms with van der Waals surface area (Å²) in [4.78, 5) is 0. The molecule has 1 saturated carbocycles. The van der Waals surface area contributed by atoms with Gasteiger partial charge in [0.1, 0.15) is 0 Å². The van der Waals surface area contributed by atoms with Crippen LogP contribution in [0.2, 0.25) is 0 Å². The highest BCUT2D eigenvalue weighted by Gasteiger charge is 2.34. The molecular formula is C10H21N. The average molecular weight is 155 g/mol. The molecule has 1 aliphatic rings. The lowest BCUT2D eigenvalue weighted by molar-refractivity contribution is 0.571. The second-order valence-electron chi connectivity index (χ2n) is 3.75. The predicted octanol–water partition coefficient (Wildman–Crippen LogP) is 2.42. The zero-order chi connectivity index (χ0) is 8.10. The third-order valence-electron chi connectivity index (χ3n) is 2.56. The van der Waals surface area contributed by atoms with E-state index < -0.39 is 0 Å². The van der Waals surface area contributed by atoms with E-state index in [1.807, 2.05) is 0 Å². The van der Waals surface area contributed by atoms with Gasteiger partial charge in [-0.1, -0.05) is 26.7 Å². The third-order valence-corrected chi connectivity index (χ3v) is 2.56. The van der Waals surface area contributed by atoms with Gasteiger partial charge in [0.2, 0.25) is 0 Å². The van der Waals surface area contributed by atoms with Gasteiger partial charge >= 0.3 is 0 Å². The van der Waals surface area contributed by atoms with Crippen molar-refractivity contribution >= 4 is 0 Å². The molecule has 1 fully saturated rings. The van der Waals surface area contributed by atoms with Gasteiger partial charge in [0.15, 0.2) is 0 Å². The van der Waals surface area contributed by atoms with E-state index in [0.29, 0.717) is 0 Å². The summed E-state index contributed by atoms with van der Waals surface area (Å²) in [7, 11) is 0. The molecule has 0 bridgehead atoms. The molecule has 1 aliphatic carbocycles. The van der Waals surface area contributed by atoms with Gasteiger partial charge in [0, 0.05) is 0 Å². The predicted molar refractivity (Wildman–Crippen MR) is 49.7 cm³/mol. The molecule has 11 heavy (non-hydrogen) atoms. The summed E-state index contributed by atoms with van der Waals surface area (Å²) in [6, 6.07) is 0. The largest absolute Gasteiger partial charge is 0.316 e. The second kappa shape index (κ2) is 4.76. The van der Waals surface area contributed by atoms with Gasteiger partial charge in [-0.15, -0.1) is 0 Å². The summed E-state index contributed by atoms with van der Waals surface area (Å²) in [5.74, 6) is 2.10. The maximum atomic E-state index is 3.49. The van der Waals surface area contributed by atoms with E-state index in [9.17, 15) is 0 Å². The zero-order valence-corrected chi connectivity index (χ0v) is 7.90. The van der Waals surface area contributed by atoms with Gasteiger partial charge in [0.05, 0.1) is 0 Å². The monoisotopic (exact) mass is 155 g/mol. The van der Waals surface area contributed by atoms with Crippen molar-refractivity contribution in [2.45, 2.75) is 39.5 Å². The van der Waals surface area contributed by atoms with Crippen molar-refractivity contribution < 1.29 is 0 Å². The fourth-order valence-electron chi connectivity index (χ4n) is 1.75. The van der Waals surface area contributed by atoms with Crippen LogP contribution in [-0.4, -0.2) is 13.1 Å². The van der Waals surface area contributed by atoms with E-state index in [4.69, 9.17) is 0 Å². The Bertz CT molecular complexity index is 101. The fraction of sp³-hybridized carbons (Fsp3) is 1.00. The molecule has 1 N–H and O–H groups in total. The lowest BCUT2D eigenvalue weighted by Crippen LogP contribution is -2.18. The standard InChI is InChI=1S/C10H21N/c1-3-5-9-7-10(9)8-11-6-4-2/h9-11H,3-8H2,1-2H3. The van der Waals surface area contributed by atoms with Crippen LogP contribution < -0.4 is 5.32 Å². The van der Waals surface area contributed by atoms with E-state index in [1.165, 1.54) is 38.8 Å². The van der Waals surface area contributed by atoms with Crippen LogP contribution in [0.15, 0.2) is 0 Å². The minimum absolute atomic E-state index is 1.03. The SMILES string of the molecule is CCCNCC1CC1CCC. The first-order chi connectivity index (χ1) is 5.38. The molecule has 1 rings (SSSR count). The topological polar surface area (TPSA) is 12.0 Å². The Morgan fingerprint density at radius 1 is 1.18 bits per heavy atom.